The van der Waals surface area contributed by atoms with E-state index in [4.69, 9.17) is 4.74 Å². The van der Waals surface area contributed by atoms with Crippen molar-refractivity contribution in [2.75, 3.05) is 24.7 Å². The van der Waals surface area contributed by atoms with Crippen molar-refractivity contribution in [1.29, 1.82) is 0 Å². The molecule has 1 aliphatic heterocycles. The first-order chi connectivity index (χ1) is 7.98. The maximum atomic E-state index is 5.45. The van der Waals surface area contributed by atoms with Gasteiger partial charge in [0.15, 0.2) is 0 Å². The Kier molecular flexibility index (Phi) is 3.33. The molecule has 1 aromatic rings. The number of aromatic nitrogens is 2. The van der Waals surface area contributed by atoms with Crippen molar-refractivity contribution in [3.8, 4) is 0 Å². The molecule has 0 saturated carbocycles. The van der Waals surface area contributed by atoms with Gasteiger partial charge in [0.05, 0.1) is 19.3 Å². The van der Waals surface area contributed by atoms with Gasteiger partial charge < -0.3 is 9.64 Å². The molecule has 0 spiro atoms. The van der Waals surface area contributed by atoms with E-state index in [2.05, 4.69) is 42.6 Å². The highest BCUT2D eigenvalue weighted by molar-refractivity contribution is 5.39. The van der Waals surface area contributed by atoms with Crippen LogP contribution in [0, 0.1) is 0 Å². The Balaban J connectivity index is 2.26. The van der Waals surface area contributed by atoms with Crippen LogP contribution in [0.3, 0.4) is 0 Å². The summed E-state index contributed by atoms with van der Waals surface area (Å²) in [6, 6.07) is 2.36. The number of rotatable bonds is 1. The maximum absolute atomic E-state index is 5.45. The van der Waals surface area contributed by atoms with Gasteiger partial charge in [-0.25, -0.2) is 9.97 Å². The fraction of sp³-hybridized carbons (Fsp3) is 0.692. The van der Waals surface area contributed by atoms with Crippen LogP contribution in [0.4, 0.5) is 5.82 Å². The Labute approximate surface area is 103 Å². The second-order valence-electron chi connectivity index (χ2n) is 5.61. The molecule has 1 saturated heterocycles. The van der Waals surface area contributed by atoms with Crippen molar-refractivity contribution in [2.45, 2.75) is 39.2 Å². The molecule has 0 N–H and O–H groups in total. The first kappa shape index (κ1) is 12.3. The lowest BCUT2D eigenvalue weighted by Crippen LogP contribution is -2.44. The van der Waals surface area contributed by atoms with Gasteiger partial charge in [-0.05, 0) is 13.0 Å². The summed E-state index contributed by atoms with van der Waals surface area (Å²) < 4.78 is 5.45. The van der Waals surface area contributed by atoms with Crippen molar-refractivity contribution in [3.05, 3.63) is 18.1 Å². The van der Waals surface area contributed by atoms with Gasteiger partial charge in [-0.1, -0.05) is 20.8 Å². The SMILES string of the molecule is CC1COCCN1c1ccnc(C(C)(C)C)n1. The second-order valence-corrected chi connectivity index (χ2v) is 5.61. The van der Waals surface area contributed by atoms with Gasteiger partial charge in [0.1, 0.15) is 11.6 Å². The molecule has 1 atom stereocenters. The van der Waals surface area contributed by atoms with Crippen LogP contribution >= 0.6 is 0 Å². The molecule has 4 heteroatoms. The summed E-state index contributed by atoms with van der Waals surface area (Å²) in [4.78, 5) is 11.3. The minimum atomic E-state index is -0.00840. The Bertz CT molecular complexity index is 386. The first-order valence-electron chi connectivity index (χ1n) is 6.16. The Morgan fingerprint density at radius 3 is 2.82 bits per heavy atom. The van der Waals surface area contributed by atoms with Gasteiger partial charge >= 0.3 is 0 Å². The molecule has 0 radical (unpaired) electrons. The summed E-state index contributed by atoms with van der Waals surface area (Å²) in [7, 11) is 0. The summed E-state index contributed by atoms with van der Waals surface area (Å²) >= 11 is 0. The van der Waals surface area contributed by atoms with E-state index < -0.39 is 0 Å². The predicted molar refractivity (Wildman–Crippen MR) is 68.4 cm³/mol. The standard InChI is InChI=1S/C13H21N3O/c1-10-9-17-8-7-16(10)11-5-6-14-12(15-11)13(2,3)4/h5-6,10H,7-9H2,1-4H3. The molecule has 0 aromatic carbocycles. The van der Waals surface area contributed by atoms with Gasteiger partial charge in [-0.2, -0.15) is 0 Å². The van der Waals surface area contributed by atoms with Crippen molar-refractivity contribution in [2.24, 2.45) is 0 Å². The molecule has 94 valence electrons. The van der Waals surface area contributed by atoms with Crippen molar-refractivity contribution in [3.63, 3.8) is 0 Å². The van der Waals surface area contributed by atoms with Gasteiger partial charge in [0.25, 0.3) is 0 Å². The number of nitrogens with zero attached hydrogens (tertiary/aromatic N) is 3. The molecule has 2 heterocycles. The molecule has 4 nitrogen and oxygen atoms in total. The van der Waals surface area contributed by atoms with Gasteiger partial charge in [0, 0.05) is 18.2 Å². The molecule has 0 aliphatic carbocycles. The number of hydrogen-bond donors (Lipinski definition) is 0. The molecule has 0 bridgehead atoms. The fourth-order valence-corrected chi connectivity index (χ4v) is 1.94. The number of hydrogen-bond acceptors (Lipinski definition) is 4. The third-order valence-corrected chi connectivity index (χ3v) is 2.97. The molecule has 2 rings (SSSR count). The Hall–Kier alpha value is -1.16. The van der Waals surface area contributed by atoms with E-state index in [0.717, 1.165) is 31.4 Å². The largest absolute Gasteiger partial charge is 0.377 e. The second kappa shape index (κ2) is 4.61. The van der Waals surface area contributed by atoms with Crippen molar-refractivity contribution in [1.82, 2.24) is 9.97 Å². The highest BCUT2D eigenvalue weighted by Gasteiger charge is 2.23. The Morgan fingerprint density at radius 1 is 1.41 bits per heavy atom. The lowest BCUT2D eigenvalue weighted by Gasteiger charge is -2.34. The van der Waals surface area contributed by atoms with E-state index >= 15 is 0 Å². The molecule has 1 fully saturated rings. The number of ether oxygens (including phenoxy) is 1. The summed E-state index contributed by atoms with van der Waals surface area (Å²) in [5, 5.41) is 0. The monoisotopic (exact) mass is 235 g/mol. The summed E-state index contributed by atoms with van der Waals surface area (Å²) in [5.41, 5.74) is -0.00840. The lowest BCUT2D eigenvalue weighted by atomic mass is 9.96. The average Bonchev–Trinajstić information content (AvgIpc) is 2.29. The van der Waals surface area contributed by atoms with E-state index in [1.807, 2.05) is 12.3 Å². The van der Waals surface area contributed by atoms with E-state index in [-0.39, 0.29) is 5.41 Å². The minimum absolute atomic E-state index is 0.00840. The van der Waals surface area contributed by atoms with E-state index in [0.29, 0.717) is 6.04 Å². The van der Waals surface area contributed by atoms with Crippen LogP contribution in [0.2, 0.25) is 0 Å². The van der Waals surface area contributed by atoms with Crippen LogP contribution < -0.4 is 4.90 Å². The molecule has 1 aromatic heterocycles. The van der Waals surface area contributed by atoms with Crippen LogP contribution in [0.15, 0.2) is 12.3 Å². The van der Waals surface area contributed by atoms with Crippen molar-refractivity contribution < 1.29 is 4.74 Å². The lowest BCUT2D eigenvalue weighted by molar-refractivity contribution is 0.0985. The smallest absolute Gasteiger partial charge is 0.135 e. The molecule has 0 amide bonds. The zero-order valence-corrected chi connectivity index (χ0v) is 11.1. The van der Waals surface area contributed by atoms with E-state index in [9.17, 15) is 0 Å². The van der Waals surface area contributed by atoms with Crippen LogP contribution in [-0.2, 0) is 10.2 Å². The fourth-order valence-electron chi connectivity index (χ4n) is 1.94. The topological polar surface area (TPSA) is 38.2 Å². The summed E-state index contributed by atoms with van der Waals surface area (Å²) in [5.74, 6) is 1.91. The normalized spacial score (nSPS) is 21.6. The molecular formula is C13H21N3O. The number of morpholine rings is 1. The third kappa shape index (κ3) is 2.75. The minimum Gasteiger partial charge on any atom is -0.377 e. The summed E-state index contributed by atoms with van der Waals surface area (Å²) in [6.07, 6.45) is 1.85. The van der Waals surface area contributed by atoms with Gasteiger partial charge in [0.2, 0.25) is 0 Å². The summed E-state index contributed by atoms with van der Waals surface area (Å²) in [6.45, 7) is 11.0. The highest BCUT2D eigenvalue weighted by atomic mass is 16.5. The van der Waals surface area contributed by atoms with Crippen LogP contribution in [-0.4, -0.2) is 35.8 Å². The maximum Gasteiger partial charge on any atom is 0.135 e. The van der Waals surface area contributed by atoms with Crippen molar-refractivity contribution >= 4 is 5.82 Å². The zero-order valence-electron chi connectivity index (χ0n) is 11.1. The molecule has 1 unspecified atom stereocenters. The van der Waals surface area contributed by atoms with Crippen LogP contribution in [0.1, 0.15) is 33.5 Å². The zero-order chi connectivity index (χ0) is 12.5. The Morgan fingerprint density at radius 2 is 2.18 bits per heavy atom. The van der Waals surface area contributed by atoms with Crippen LogP contribution in [0.5, 0.6) is 0 Å². The molecular weight excluding hydrogens is 214 g/mol. The highest BCUT2D eigenvalue weighted by Crippen LogP contribution is 2.22. The van der Waals surface area contributed by atoms with Gasteiger partial charge in [-0.15, -0.1) is 0 Å². The third-order valence-electron chi connectivity index (χ3n) is 2.97. The molecule has 17 heavy (non-hydrogen) atoms. The van der Waals surface area contributed by atoms with Gasteiger partial charge in [-0.3, -0.25) is 0 Å². The number of anilines is 1. The van der Waals surface area contributed by atoms with E-state index in [1.54, 1.807) is 0 Å². The first-order valence-corrected chi connectivity index (χ1v) is 6.16. The molecule has 1 aliphatic rings. The average molecular weight is 235 g/mol. The van der Waals surface area contributed by atoms with E-state index in [1.165, 1.54) is 0 Å². The predicted octanol–water partition coefficient (Wildman–Crippen LogP) is 2.00. The van der Waals surface area contributed by atoms with Crippen LogP contribution in [0.25, 0.3) is 0 Å². The quantitative estimate of drug-likeness (QED) is 0.746.